The van der Waals surface area contributed by atoms with Crippen LogP contribution in [-0.4, -0.2) is 11.1 Å². The lowest BCUT2D eigenvalue weighted by Crippen LogP contribution is -2.18. The van der Waals surface area contributed by atoms with Crippen LogP contribution in [-0.2, 0) is 6.42 Å². The number of anilines is 1. The molecule has 2 nitrogen and oxygen atoms in total. The Morgan fingerprint density at radius 1 is 1.21 bits per heavy atom. The molecule has 2 aromatic carbocycles. The van der Waals surface area contributed by atoms with Gasteiger partial charge in [-0.1, -0.05) is 23.7 Å². The van der Waals surface area contributed by atoms with Crippen LogP contribution >= 0.6 is 34.2 Å². The lowest BCUT2D eigenvalue weighted by Gasteiger charge is -2.16. The van der Waals surface area contributed by atoms with Crippen LogP contribution in [0.15, 0.2) is 42.5 Å². The number of phenols is 1. The van der Waals surface area contributed by atoms with Gasteiger partial charge in [0.05, 0.1) is 10.7 Å². The molecule has 0 aromatic heterocycles. The predicted molar refractivity (Wildman–Crippen MR) is 89.1 cm³/mol. The van der Waals surface area contributed by atoms with Crippen molar-refractivity contribution in [2.24, 2.45) is 0 Å². The monoisotopic (exact) mass is 387 g/mol. The van der Waals surface area contributed by atoms with Gasteiger partial charge in [-0.25, -0.2) is 0 Å². The van der Waals surface area contributed by atoms with E-state index in [0.29, 0.717) is 5.75 Å². The van der Waals surface area contributed by atoms with Crippen molar-refractivity contribution in [1.82, 2.24) is 0 Å². The fourth-order valence-electron chi connectivity index (χ4n) is 1.91. The van der Waals surface area contributed by atoms with E-state index in [4.69, 9.17) is 11.6 Å². The molecule has 0 bridgehead atoms. The van der Waals surface area contributed by atoms with E-state index in [-0.39, 0.29) is 6.04 Å². The van der Waals surface area contributed by atoms with Crippen LogP contribution in [0.5, 0.6) is 5.75 Å². The summed E-state index contributed by atoms with van der Waals surface area (Å²) in [5, 5.41) is 13.4. The van der Waals surface area contributed by atoms with Crippen molar-refractivity contribution in [2.75, 3.05) is 5.32 Å². The molecule has 1 atom stereocenters. The van der Waals surface area contributed by atoms with Gasteiger partial charge in [0.25, 0.3) is 0 Å². The van der Waals surface area contributed by atoms with Crippen molar-refractivity contribution in [2.45, 2.75) is 19.4 Å². The highest BCUT2D eigenvalue weighted by Crippen LogP contribution is 2.25. The summed E-state index contributed by atoms with van der Waals surface area (Å²) in [5.74, 6) is 0.296. The average Bonchev–Trinajstić information content (AvgIpc) is 2.36. The molecular weight excluding hydrogens is 373 g/mol. The van der Waals surface area contributed by atoms with E-state index < -0.39 is 0 Å². The first-order valence-corrected chi connectivity index (χ1v) is 7.50. The van der Waals surface area contributed by atoms with Crippen LogP contribution in [0.4, 0.5) is 5.69 Å². The maximum absolute atomic E-state index is 9.25. The van der Waals surface area contributed by atoms with Gasteiger partial charge in [-0.3, -0.25) is 0 Å². The Bertz CT molecular complexity index is 557. The summed E-state index contributed by atoms with van der Waals surface area (Å²) in [6, 6.07) is 13.5. The first-order valence-electron chi connectivity index (χ1n) is 6.04. The standard InChI is InChI=1S/C15H15ClINO/c1-10(8-11-2-5-13(19)6-3-11)18-15-7-4-12(17)9-14(15)16/h2-7,9-10,18-19H,8H2,1H3. The van der Waals surface area contributed by atoms with E-state index in [0.717, 1.165) is 20.7 Å². The number of hydrogen-bond acceptors (Lipinski definition) is 2. The van der Waals surface area contributed by atoms with Gasteiger partial charge in [-0.05, 0) is 71.8 Å². The Kier molecular flexibility index (Phi) is 4.93. The lowest BCUT2D eigenvalue weighted by molar-refractivity contribution is 0.475. The summed E-state index contributed by atoms with van der Waals surface area (Å²) >= 11 is 8.44. The van der Waals surface area contributed by atoms with Crippen molar-refractivity contribution in [3.05, 3.63) is 56.6 Å². The van der Waals surface area contributed by atoms with Crippen LogP contribution in [0.1, 0.15) is 12.5 Å². The Hall–Kier alpha value is -0.940. The molecule has 4 heteroatoms. The first-order chi connectivity index (χ1) is 9.04. The van der Waals surface area contributed by atoms with Gasteiger partial charge in [-0.2, -0.15) is 0 Å². The molecule has 2 rings (SSSR count). The second kappa shape index (κ2) is 6.48. The van der Waals surface area contributed by atoms with Crippen LogP contribution in [0, 0.1) is 3.57 Å². The third-order valence-electron chi connectivity index (χ3n) is 2.81. The number of halogens is 2. The van der Waals surface area contributed by atoms with Gasteiger partial charge >= 0.3 is 0 Å². The Morgan fingerprint density at radius 2 is 1.89 bits per heavy atom. The molecule has 1 unspecified atom stereocenters. The molecule has 2 N–H and O–H groups in total. The Balaban J connectivity index is 2.01. The number of phenolic OH excluding ortho intramolecular Hbond substituents is 1. The van der Waals surface area contributed by atoms with Gasteiger partial charge < -0.3 is 10.4 Å². The zero-order valence-electron chi connectivity index (χ0n) is 10.5. The minimum Gasteiger partial charge on any atom is -0.508 e. The maximum Gasteiger partial charge on any atom is 0.115 e. The van der Waals surface area contributed by atoms with Crippen molar-refractivity contribution >= 4 is 39.9 Å². The van der Waals surface area contributed by atoms with Gasteiger partial charge in [0, 0.05) is 9.61 Å². The van der Waals surface area contributed by atoms with E-state index in [9.17, 15) is 5.11 Å². The maximum atomic E-state index is 9.25. The molecule has 0 saturated heterocycles. The SMILES string of the molecule is CC(Cc1ccc(O)cc1)Nc1ccc(I)cc1Cl. The van der Waals surface area contributed by atoms with E-state index >= 15 is 0 Å². The number of nitrogens with one attached hydrogen (secondary N) is 1. The summed E-state index contributed by atoms with van der Waals surface area (Å²) in [4.78, 5) is 0. The van der Waals surface area contributed by atoms with Gasteiger partial charge in [0.15, 0.2) is 0 Å². The molecule has 0 saturated carbocycles. The topological polar surface area (TPSA) is 32.3 Å². The van der Waals surface area contributed by atoms with Gasteiger partial charge in [0.1, 0.15) is 5.75 Å². The zero-order chi connectivity index (χ0) is 13.8. The smallest absolute Gasteiger partial charge is 0.115 e. The molecule has 100 valence electrons. The zero-order valence-corrected chi connectivity index (χ0v) is 13.4. The first kappa shape index (κ1) is 14.5. The average molecular weight is 388 g/mol. The predicted octanol–water partition coefficient (Wildman–Crippen LogP) is 4.69. The molecule has 0 spiro atoms. The van der Waals surface area contributed by atoms with Gasteiger partial charge in [-0.15, -0.1) is 0 Å². The highest BCUT2D eigenvalue weighted by atomic mass is 127. The third-order valence-corrected chi connectivity index (χ3v) is 3.79. The van der Waals surface area contributed by atoms with E-state index in [1.165, 1.54) is 5.56 Å². The van der Waals surface area contributed by atoms with Gasteiger partial charge in [0.2, 0.25) is 0 Å². The highest BCUT2D eigenvalue weighted by molar-refractivity contribution is 14.1. The second-order valence-corrected chi connectivity index (χ2v) is 6.19. The van der Waals surface area contributed by atoms with Crippen LogP contribution < -0.4 is 5.32 Å². The van der Waals surface area contributed by atoms with E-state index in [1.807, 2.05) is 30.3 Å². The molecule has 0 fully saturated rings. The number of aromatic hydroxyl groups is 1. The Morgan fingerprint density at radius 3 is 2.53 bits per heavy atom. The van der Waals surface area contributed by atoms with Crippen molar-refractivity contribution in [1.29, 1.82) is 0 Å². The molecule has 0 heterocycles. The van der Waals surface area contributed by atoms with Crippen LogP contribution in [0.3, 0.4) is 0 Å². The van der Waals surface area contributed by atoms with E-state index in [1.54, 1.807) is 12.1 Å². The normalized spacial score (nSPS) is 12.2. The largest absolute Gasteiger partial charge is 0.508 e. The molecule has 0 amide bonds. The molecule has 2 aromatic rings. The molecule has 0 aliphatic rings. The quantitative estimate of drug-likeness (QED) is 0.746. The minimum absolute atomic E-state index is 0.266. The molecule has 19 heavy (non-hydrogen) atoms. The molecule has 0 aliphatic heterocycles. The molecule has 0 aliphatic carbocycles. The fourth-order valence-corrected chi connectivity index (χ4v) is 2.82. The van der Waals surface area contributed by atoms with E-state index in [2.05, 4.69) is 34.8 Å². The highest BCUT2D eigenvalue weighted by Gasteiger charge is 2.07. The summed E-state index contributed by atoms with van der Waals surface area (Å²) in [7, 11) is 0. The lowest BCUT2D eigenvalue weighted by atomic mass is 10.1. The second-order valence-electron chi connectivity index (χ2n) is 4.54. The minimum atomic E-state index is 0.266. The fraction of sp³-hybridized carbons (Fsp3) is 0.200. The van der Waals surface area contributed by atoms with Crippen molar-refractivity contribution in [3.8, 4) is 5.75 Å². The number of hydrogen-bond donors (Lipinski definition) is 2. The van der Waals surface area contributed by atoms with Crippen LogP contribution in [0.2, 0.25) is 5.02 Å². The summed E-state index contributed by atoms with van der Waals surface area (Å²) in [6.45, 7) is 2.11. The summed E-state index contributed by atoms with van der Waals surface area (Å²) < 4.78 is 1.12. The molecule has 0 radical (unpaired) electrons. The Labute approximate surface area is 131 Å². The third kappa shape index (κ3) is 4.28. The van der Waals surface area contributed by atoms with Crippen LogP contribution in [0.25, 0.3) is 0 Å². The summed E-state index contributed by atoms with van der Waals surface area (Å²) in [5.41, 5.74) is 2.13. The van der Waals surface area contributed by atoms with Crippen molar-refractivity contribution < 1.29 is 5.11 Å². The van der Waals surface area contributed by atoms with Crippen molar-refractivity contribution in [3.63, 3.8) is 0 Å². The number of benzene rings is 2. The number of rotatable bonds is 4. The molecular formula is C15H15ClINO. The summed E-state index contributed by atoms with van der Waals surface area (Å²) in [6.07, 6.45) is 0.878.